The fraction of sp³-hybridized carbons (Fsp3) is 0.214. The topological polar surface area (TPSA) is 42.2 Å². The molecule has 1 aromatic carbocycles. The van der Waals surface area contributed by atoms with Crippen molar-refractivity contribution in [2.24, 2.45) is 0 Å². The van der Waals surface area contributed by atoms with E-state index in [1.807, 2.05) is 31.2 Å². The van der Waals surface area contributed by atoms with Gasteiger partial charge >= 0.3 is 0 Å². The van der Waals surface area contributed by atoms with E-state index in [0.29, 0.717) is 6.54 Å². The van der Waals surface area contributed by atoms with Crippen LogP contribution in [0.5, 0.6) is 0 Å². The molecule has 1 heterocycles. The SMILES string of the molecule is Cc1cccc(CN(C)c2nc(N)c(F)cc2F)c1. The summed E-state index contributed by atoms with van der Waals surface area (Å²) in [7, 11) is 1.69. The molecule has 0 unspecified atom stereocenters. The molecule has 0 atom stereocenters. The van der Waals surface area contributed by atoms with Gasteiger partial charge in [0.25, 0.3) is 0 Å². The quantitative estimate of drug-likeness (QED) is 0.925. The van der Waals surface area contributed by atoms with Gasteiger partial charge in [0.15, 0.2) is 23.3 Å². The molecule has 2 aromatic rings. The maximum atomic E-state index is 13.7. The van der Waals surface area contributed by atoms with Gasteiger partial charge < -0.3 is 10.6 Å². The van der Waals surface area contributed by atoms with Gasteiger partial charge in [-0.15, -0.1) is 0 Å². The summed E-state index contributed by atoms with van der Waals surface area (Å²) in [6.07, 6.45) is 0. The molecule has 3 nitrogen and oxygen atoms in total. The summed E-state index contributed by atoms with van der Waals surface area (Å²) < 4.78 is 26.7. The number of nitrogen functional groups attached to an aromatic ring is 1. The number of nitrogens with two attached hydrogens (primary N) is 1. The lowest BCUT2D eigenvalue weighted by molar-refractivity contribution is 0.574. The van der Waals surface area contributed by atoms with Crippen LogP contribution in [0.2, 0.25) is 0 Å². The number of anilines is 2. The van der Waals surface area contributed by atoms with Gasteiger partial charge in [0.1, 0.15) is 0 Å². The van der Waals surface area contributed by atoms with Gasteiger partial charge in [0, 0.05) is 19.7 Å². The second-order valence-corrected chi connectivity index (χ2v) is 4.51. The maximum absolute atomic E-state index is 13.7. The third-order valence-corrected chi connectivity index (χ3v) is 2.80. The Morgan fingerprint density at radius 1 is 1.21 bits per heavy atom. The molecule has 0 saturated heterocycles. The molecule has 2 rings (SSSR count). The number of aryl methyl sites for hydroxylation is 1. The van der Waals surface area contributed by atoms with E-state index in [4.69, 9.17) is 5.73 Å². The van der Waals surface area contributed by atoms with Crippen LogP contribution in [-0.2, 0) is 6.54 Å². The van der Waals surface area contributed by atoms with Gasteiger partial charge in [-0.2, -0.15) is 0 Å². The average Bonchev–Trinajstić information content (AvgIpc) is 2.33. The Morgan fingerprint density at radius 2 is 1.95 bits per heavy atom. The molecule has 0 spiro atoms. The zero-order valence-electron chi connectivity index (χ0n) is 10.8. The molecule has 0 aliphatic carbocycles. The van der Waals surface area contributed by atoms with E-state index in [0.717, 1.165) is 17.2 Å². The minimum absolute atomic E-state index is 0.0420. The number of pyridine rings is 1. The molecule has 2 N–H and O–H groups in total. The molecule has 0 radical (unpaired) electrons. The third kappa shape index (κ3) is 2.99. The maximum Gasteiger partial charge on any atom is 0.168 e. The smallest absolute Gasteiger partial charge is 0.168 e. The van der Waals surface area contributed by atoms with Crippen molar-refractivity contribution in [2.75, 3.05) is 17.7 Å². The number of hydrogen-bond donors (Lipinski definition) is 1. The standard InChI is InChI=1S/C14H15F2N3/c1-9-4-3-5-10(6-9)8-19(2)14-12(16)7-11(15)13(17)18-14/h3-7H,8H2,1-2H3,(H2,17,18). The normalized spacial score (nSPS) is 10.5. The van der Waals surface area contributed by atoms with Crippen LogP contribution in [0.4, 0.5) is 20.4 Å². The molecule has 0 saturated carbocycles. The molecular weight excluding hydrogens is 248 g/mol. The summed E-state index contributed by atoms with van der Waals surface area (Å²) in [5.41, 5.74) is 7.51. The van der Waals surface area contributed by atoms with Crippen molar-refractivity contribution < 1.29 is 8.78 Å². The average molecular weight is 263 g/mol. The lowest BCUT2D eigenvalue weighted by Gasteiger charge is -2.19. The Morgan fingerprint density at radius 3 is 2.63 bits per heavy atom. The number of halogens is 2. The van der Waals surface area contributed by atoms with Gasteiger partial charge in [0.05, 0.1) is 0 Å². The molecule has 5 heteroatoms. The van der Waals surface area contributed by atoms with Gasteiger partial charge in [0.2, 0.25) is 0 Å². The highest BCUT2D eigenvalue weighted by molar-refractivity contribution is 5.47. The Kier molecular flexibility index (Phi) is 3.64. The van der Waals surface area contributed by atoms with Crippen LogP contribution < -0.4 is 10.6 Å². The highest BCUT2D eigenvalue weighted by atomic mass is 19.1. The summed E-state index contributed by atoms with van der Waals surface area (Å²) >= 11 is 0. The van der Waals surface area contributed by atoms with Gasteiger partial charge in [-0.3, -0.25) is 0 Å². The number of rotatable bonds is 3. The third-order valence-electron chi connectivity index (χ3n) is 2.80. The van der Waals surface area contributed by atoms with Crippen molar-refractivity contribution in [2.45, 2.75) is 13.5 Å². The van der Waals surface area contributed by atoms with Crippen molar-refractivity contribution in [1.29, 1.82) is 0 Å². The van der Waals surface area contributed by atoms with Crippen LogP contribution in [0.15, 0.2) is 30.3 Å². The summed E-state index contributed by atoms with van der Waals surface area (Å²) in [5, 5.41) is 0. The zero-order valence-corrected chi connectivity index (χ0v) is 10.8. The van der Waals surface area contributed by atoms with Gasteiger partial charge in [-0.25, -0.2) is 13.8 Å². The van der Waals surface area contributed by atoms with Crippen LogP contribution >= 0.6 is 0 Å². The zero-order chi connectivity index (χ0) is 14.0. The van der Waals surface area contributed by atoms with E-state index in [1.54, 1.807) is 11.9 Å². The molecule has 19 heavy (non-hydrogen) atoms. The Hall–Kier alpha value is -2.17. The van der Waals surface area contributed by atoms with Crippen molar-refractivity contribution in [3.63, 3.8) is 0 Å². The second-order valence-electron chi connectivity index (χ2n) is 4.51. The fourth-order valence-corrected chi connectivity index (χ4v) is 1.90. The molecular formula is C14H15F2N3. The first-order valence-corrected chi connectivity index (χ1v) is 5.85. The second kappa shape index (κ2) is 5.22. The molecule has 0 aliphatic rings. The lowest BCUT2D eigenvalue weighted by atomic mass is 10.1. The summed E-state index contributed by atoms with van der Waals surface area (Å²) in [5.74, 6) is -1.82. The van der Waals surface area contributed by atoms with Crippen LogP contribution in [0.1, 0.15) is 11.1 Å². The summed E-state index contributed by atoms with van der Waals surface area (Å²) in [4.78, 5) is 5.34. The van der Waals surface area contributed by atoms with Crippen molar-refractivity contribution in [1.82, 2.24) is 4.98 Å². The first-order chi connectivity index (χ1) is 8.97. The Labute approximate surface area is 110 Å². The van der Waals surface area contributed by atoms with Crippen LogP contribution in [-0.4, -0.2) is 12.0 Å². The van der Waals surface area contributed by atoms with Crippen molar-refractivity contribution in [3.8, 4) is 0 Å². The molecule has 0 bridgehead atoms. The van der Waals surface area contributed by atoms with Crippen molar-refractivity contribution in [3.05, 3.63) is 53.1 Å². The minimum Gasteiger partial charge on any atom is -0.381 e. The number of hydrogen-bond acceptors (Lipinski definition) is 3. The number of benzene rings is 1. The molecule has 0 aliphatic heterocycles. The van der Waals surface area contributed by atoms with Gasteiger partial charge in [-0.05, 0) is 12.5 Å². The summed E-state index contributed by atoms with van der Waals surface area (Å²) in [6, 6.07) is 8.61. The lowest BCUT2D eigenvalue weighted by Crippen LogP contribution is -2.20. The van der Waals surface area contributed by atoms with Crippen molar-refractivity contribution >= 4 is 11.6 Å². The van der Waals surface area contributed by atoms with Crippen LogP contribution in [0.3, 0.4) is 0 Å². The fourth-order valence-electron chi connectivity index (χ4n) is 1.90. The van der Waals surface area contributed by atoms with Crippen LogP contribution in [0.25, 0.3) is 0 Å². The van der Waals surface area contributed by atoms with E-state index in [1.165, 1.54) is 0 Å². The molecule has 0 amide bonds. The van der Waals surface area contributed by atoms with E-state index >= 15 is 0 Å². The Balaban J connectivity index is 2.25. The largest absolute Gasteiger partial charge is 0.381 e. The Bertz CT molecular complexity index is 599. The van der Waals surface area contributed by atoms with E-state index in [2.05, 4.69) is 4.98 Å². The highest BCUT2D eigenvalue weighted by Crippen LogP contribution is 2.21. The molecule has 100 valence electrons. The highest BCUT2D eigenvalue weighted by Gasteiger charge is 2.13. The molecule has 0 fully saturated rings. The number of aromatic nitrogens is 1. The monoisotopic (exact) mass is 263 g/mol. The first-order valence-electron chi connectivity index (χ1n) is 5.85. The van der Waals surface area contributed by atoms with Crippen LogP contribution in [0, 0.1) is 18.6 Å². The number of nitrogens with zero attached hydrogens (tertiary/aromatic N) is 2. The summed E-state index contributed by atoms with van der Waals surface area (Å²) in [6.45, 7) is 2.45. The van der Waals surface area contributed by atoms with E-state index < -0.39 is 11.6 Å². The predicted octanol–water partition coefficient (Wildman–Crippen LogP) is 2.89. The predicted molar refractivity (Wildman–Crippen MR) is 71.9 cm³/mol. The minimum atomic E-state index is -0.842. The van der Waals surface area contributed by atoms with Gasteiger partial charge in [-0.1, -0.05) is 29.8 Å². The molecule has 1 aromatic heterocycles. The van der Waals surface area contributed by atoms with E-state index in [9.17, 15) is 8.78 Å². The first kappa shape index (κ1) is 13.3. The van der Waals surface area contributed by atoms with E-state index in [-0.39, 0.29) is 11.6 Å².